The third-order valence-electron chi connectivity index (χ3n) is 6.71. The van der Waals surface area contributed by atoms with Crippen LogP contribution >= 0.6 is 0 Å². The maximum absolute atomic E-state index is 13.5. The summed E-state index contributed by atoms with van der Waals surface area (Å²) in [5.41, 5.74) is -0.523. The summed E-state index contributed by atoms with van der Waals surface area (Å²) in [4.78, 5) is 54.5. The van der Waals surface area contributed by atoms with Crippen LogP contribution in [0.15, 0.2) is 24.3 Å². The van der Waals surface area contributed by atoms with Crippen LogP contribution in [0.5, 0.6) is 5.75 Å². The number of imide groups is 1. The number of amides is 3. The van der Waals surface area contributed by atoms with Crippen LogP contribution in [-0.2, 0) is 24.6 Å². The SMILES string of the molecule is COc1ccc([C@]2(CC(=O)N3CCC[C@@H](C(C)=O)C3)CC(=O)N(C3CC3)C2=O)cc1. The van der Waals surface area contributed by atoms with Crippen molar-refractivity contribution in [3.05, 3.63) is 29.8 Å². The third-order valence-corrected chi connectivity index (χ3v) is 6.71. The minimum absolute atomic E-state index is 0.00434. The summed E-state index contributed by atoms with van der Waals surface area (Å²) < 4.78 is 5.22. The lowest BCUT2D eigenvalue weighted by molar-refractivity contribution is -0.144. The van der Waals surface area contributed by atoms with Gasteiger partial charge in [0.05, 0.1) is 12.5 Å². The van der Waals surface area contributed by atoms with Gasteiger partial charge in [0.25, 0.3) is 0 Å². The number of ketones is 1. The molecule has 3 amide bonds. The molecule has 7 heteroatoms. The Bertz CT molecular complexity index is 876. The smallest absolute Gasteiger partial charge is 0.241 e. The molecule has 7 nitrogen and oxygen atoms in total. The minimum Gasteiger partial charge on any atom is -0.497 e. The highest BCUT2D eigenvalue weighted by Gasteiger charge is 2.57. The fourth-order valence-electron chi connectivity index (χ4n) is 4.75. The Hall–Kier alpha value is -2.70. The molecule has 0 aromatic heterocycles. The van der Waals surface area contributed by atoms with Gasteiger partial charge in [-0.15, -0.1) is 0 Å². The molecule has 2 heterocycles. The maximum Gasteiger partial charge on any atom is 0.241 e. The summed E-state index contributed by atoms with van der Waals surface area (Å²) in [5.74, 6) is -0.0557. The molecule has 0 unspecified atom stereocenters. The molecule has 2 saturated heterocycles. The average Bonchev–Trinajstić information content (AvgIpc) is 3.54. The average molecular weight is 412 g/mol. The molecule has 1 saturated carbocycles. The normalized spacial score (nSPS) is 26.8. The molecule has 4 rings (SSSR count). The molecule has 2 atom stereocenters. The Morgan fingerprint density at radius 2 is 1.83 bits per heavy atom. The molecule has 1 aromatic carbocycles. The third kappa shape index (κ3) is 3.61. The number of Topliss-reactive ketones (excluding diaryl/α,β-unsaturated/α-hetero) is 1. The Morgan fingerprint density at radius 1 is 1.13 bits per heavy atom. The van der Waals surface area contributed by atoms with Gasteiger partial charge in [-0.25, -0.2) is 0 Å². The fourth-order valence-corrected chi connectivity index (χ4v) is 4.75. The summed E-state index contributed by atoms with van der Waals surface area (Å²) in [7, 11) is 1.56. The van der Waals surface area contributed by atoms with Crippen molar-refractivity contribution < 1.29 is 23.9 Å². The van der Waals surface area contributed by atoms with Crippen LogP contribution in [0.25, 0.3) is 0 Å². The highest BCUT2D eigenvalue weighted by Crippen LogP contribution is 2.45. The topological polar surface area (TPSA) is 84.0 Å². The first-order chi connectivity index (χ1) is 14.4. The molecular formula is C23H28N2O5. The van der Waals surface area contributed by atoms with E-state index in [2.05, 4.69) is 0 Å². The van der Waals surface area contributed by atoms with Gasteiger partial charge in [-0.05, 0) is 50.3 Å². The number of carbonyl (C=O) groups is 4. The van der Waals surface area contributed by atoms with Crippen LogP contribution in [0, 0.1) is 5.92 Å². The summed E-state index contributed by atoms with van der Waals surface area (Å²) in [5, 5.41) is 0. The largest absolute Gasteiger partial charge is 0.497 e. The van der Waals surface area contributed by atoms with Gasteiger partial charge in [0.1, 0.15) is 11.5 Å². The number of nitrogens with zero attached hydrogens (tertiary/aromatic N) is 2. The molecule has 0 spiro atoms. The summed E-state index contributed by atoms with van der Waals surface area (Å²) in [6.07, 6.45) is 3.16. The number of methoxy groups -OCH3 is 1. The molecule has 30 heavy (non-hydrogen) atoms. The van der Waals surface area contributed by atoms with E-state index < -0.39 is 5.41 Å². The first kappa shape index (κ1) is 20.6. The van der Waals surface area contributed by atoms with E-state index in [1.165, 1.54) is 4.90 Å². The Kier molecular flexibility index (Phi) is 5.38. The number of likely N-dealkylation sites (tertiary alicyclic amines) is 2. The molecule has 160 valence electrons. The van der Waals surface area contributed by atoms with Gasteiger partial charge in [0, 0.05) is 37.9 Å². The zero-order chi connectivity index (χ0) is 21.5. The number of hydrogen-bond acceptors (Lipinski definition) is 5. The zero-order valence-corrected chi connectivity index (χ0v) is 17.6. The van der Waals surface area contributed by atoms with Crippen molar-refractivity contribution in [3.63, 3.8) is 0 Å². The molecule has 3 fully saturated rings. The van der Waals surface area contributed by atoms with Gasteiger partial charge in [-0.1, -0.05) is 12.1 Å². The van der Waals surface area contributed by atoms with Gasteiger partial charge < -0.3 is 9.64 Å². The number of rotatable bonds is 6. The van der Waals surface area contributed by atoms with E-state index in [0.29, 0.717) is 24.4 Å². The van der Waals surface area contributed by atoms with E-state index in [4.69, 9.17) is 4.74 Å². The van der Waals surface area contributed by atoms with Crippen LogP contribution in [0.3, 0.4) is 0 Å². The van der Waals surface area contributed by atoms with E-state index in [1.807, 2.05) is 0 Å². The molecule has 1 aromatic rings. The highest BCUT2D eigenvalue weighted by atomic mass is 16.5. The molecule has 1 aliphatic carbocycles. The van der Waals surface area contributed by atoms with E-state index in [1.54, 1.807) is 43.2 Å². The van der Waals surface area contributed by atoms with Crippen molar-refractivity contribution in [2.75, 3.05) is 20.2 Å². The molecule has 0 radical (unpaired) electrons. The van der Waals surface area contributed by atoms with Crippen LogP contribution in [-0.4, -0.2) is 59.5 Å². The van der Waals surface area contributed by atoms with Crippen molar-refractivity contribution in [1.82, 2.24) is 9.80 Å². The van der Waals surface area contributed by atoms with Crippen LogP contribution in [0.2, 0.25) is 0 Å². The summed E-state index contributed by atoms with van der Waals surface area (Å²) in [6.45, 7) is 2.53. The van der Waals surface area contributed by atoms with Gasteiger partial charge in [0.15, 0.2) is 0 Å². The Labute approximate surface area is 176 Å². The number of piperidine rings is 1. The number of benzene rings is 1. The zero-order valence-electron chi connectivity index (χ0n) is 17.6. The van der Waals surface area contributed by atoms with Crippen molar-refractivity contribution >= 4 is 23.5 Å². The van der Waals surface area contributed by atoms with E-state index in [0.717, 1.165) is 25.7 Å². The first-order valence-corrected chi connectivity index (χ1v) is 10.6. The lowest BCUT2D eigenvalue weighted by Gasteiger charge is -2.35. The van der Waals surface area contributed by atoms with Gasteiger partial charge in [0.2, 0.25) is 17.7 Å². The van der Waals surface area contributed by atoms with Gasteiger partial charge in [-0.3, -0.25) is 24.1 Å². The number of carbonyl (C=O) groups excluding carboxylic acids is 4. The predicted octanol–water partition coefficient (Wildman–Crippen LogP) is 2.07. The number of hydrogen-bond donors (Lipinski definition) is 0. The van der Waals surface area contributed by atoms with E-state index in [-0.39, 0.29) is 48.3 Å². The summed E-state index contributed by atoms with van der Waals surface area (Å²) >= 11 is 0. The van der Waals surface area contributed by atoms with Crippen molar-refractivity contribution in [2.24, 2.45) is 5.92 Å². The molecule has 2 aliphatic heterocycles. The van der Waals surface area contributed by atoms with E-state index in [9.17, 15) is 19.2 Å². The van der Waals surface area contributed by atoms with Crippen LogP contribution in [0.1, 0.15) is 51.0 Å². The molecule has 3 aliphatic rings. The monoisotopic (exact) mass is 412 g/mol. The predicted molar refractivity (Wildman–Crippen MR) is 109 cm³/mol. The molecule has 0 bridgehead atoms. The maximum atomic E-state index is 13.5. The minimum atomic E-state index is -1.19. The first-order valence-electron chi connectivity index (χ1n) is 10.6. The highest BCUT2D eigenvalue weighted by molar-refractivity contribution is 6.11. The quantitative estimate of drug-likeness (QED) is 0.668. The lowest BCUT2D eigenvalue weighted by atomic mass is 9.75. The molecule has 0 N–H and O–H groups in total. The Balaban J connectivity index is 1.64. The van der Waals surface area contributed by atoms with Gasteiger partial charge >= 0.3 is 0 Å². The van der Waals surface area contributed by atoms with Crippen LogP contribution < -0.4 is 4.74 Å². The van der Waals surface area contributed by atoms with Crippen molar-refractivity contribution in [2.45, 2.75) is 56.9 Å². The second-order valence-electron chi connectivity index (χ2n) is 8.75. The fraction of sp³-hybridized carbons (Fsp3) is 0.565. The summed E-state index contributed by atoms with van der Waals surface area (Å²) in [6, 6.07) is 7.04. The second-order valence-corrected chi connectivity index (χ2v) is 8.75. The molecular weight excluding hydrogens is 384 g/mol. The van der Waals surface area contributed by atoms with Crippen molar-refractivity contribution in [3.8, 4) is 5.75 Å². The standard InChI is InChI=1S/C23H28N2O5/c1-15(26)16-4-3-11-24(14-16)20(27)12-23(17-5-9-19(30-2)10-6-17)13-21(28)25(22(23)29)18-7-8-18/h5-6,9-10,16,18H,3-4,7-8,11-14H2,1-2H3/t16-,23+/m1/s1. The van der Waals surface area contributed by atoms with Crippen LogP contribution in [0.4, 0.5) is 0 Å². The van der Waals surface area contributed by atoms with E-state index >= 15 is 0 Å². The van der Waals surface area contributed by atoms with Gasteiger partial charge in [-0.2, -0.15) is 0 Å². The second kappa shape index (κ2) is 7.85. The van der Waals surface area contributed by atoms with Crippen molar-refractivity contribution in [1.29, 1.82) is 0 Å². The Morgan fingerprint density at radius 3 is 2.43 bits per heavy atom. The number of ether oxygens (including phenoxy) is 1. The lowest BCUT2D eigenvalue weighted by Crippen LogP contribution is -2.47.